The van der Waals surface area contributed by atoms with Gasteiger partial charge in [-0.2, -0.15) is 0 Å². The van der Waals surface area contributed by atoms with Crippen molar-refractivity contribution in [3.05, 3.63) is 0 Å². The number of piperidine rings is 1. The fourth-order valence-electron chi connectivity index (χ4n) is 2.61. The molecule has 6 nitrogen and oxygen atoms in total. The largest absolute Gasteiger partial charge is 0.480 e. The van der Waals surface area contributed by atoms with Crippen LogP contribution >= 0.6 is 0 Å². The quantitative estimate of drug-likeness (QED) is 0.673. The summed E-state index contributed by atoms with van der Waals surface area (Å²) in [4.78, 5) is 24.9. The number of amides is 2. The minimum atomic E-state index is -0.916. The monoisotopic (exact) mass is 300 g/mol. The van der Waals surface area contributed by atoms with Crippen LogP contribution in [0.4, 0.5) is 4.79 Å². The van der Waals surface area contributed by atoms with Crippen molar-refractivity contribution in [3.63, 3.8) is 0 Å². The fraction of sp³-hybridized carbons (Fsp3) is 0.867. The molecule has 0 bridgehead atoms. The Labute approximate surface area is 126 Å². The predicted octanol–water partition coefficient (Wildman–Crippen LogP) is 2.09. The van der Waals surface area contributed by atoms with Crippen LogP contribution in [0.1, 0.15) is 46.0 Å². The van der Waals surface area contributed by atoms with Gasteiger partial charge in [-0.3, -0.25) is 0 Å². The second-order valence-electron chi connectivity index (χ2n) is 5.65. The van der Waals surface area contributed by atoms with Gasteiger partial charge in [-0.25, -0.2) is 9.59 Å². The van der Waals surface area contributed by atoms with Crippen molar-refractivity contribution in [1.82, 2.24) is 10.2 Å². The van der Waals surface area contributed by atoms with E-state index in [0.29, 0.717) is 19.7 Å². The Morgan fingerprint density at radius 2 is 2.05 bits per heavy atom. The van der Waals surface area contributed by atoms with Crippen molar-refractivity contribution >= 4 is 12.0 Å². The molecule has 0 radical (unpaired) electrons. The first-order valence-electron chi connectivity index (χ1n) is 7.93. The number of hydrogen-bond donors (Lipinski definition) is 2. The highest BCUT2D eigenvalue weighted by Gasteiger charge is 2.36. The first-order valence-corrected chi connectivity index (χ1v) is 7.93. The van der Waals surface area contributed by atoms with Crippen LogP contribution in [0.5, 0.6) is 0 Å². The highest BCUT2D eigenvalue weighted by molar-refractivity contribution is 5.83. The molecule has 1 saturated heterocycles. The number of nitrogens with zero attached hydrogens (tertiary/aromatic N) is 1. The van der Waals surface area contributed by atoms with Crippen LogP contribution in [-0.2, 0) is 9.53 Å². The molecule has 2 N–H and O–H groups in total. The van der Waals surface area contributed by atoms with Crippen LogP contribution in [0.15, 0.2) is 0 Å². The van der Waals surface area contributed by atoms with E-state index in [1.807, 2.05) is 6.92 Å². The summed E-state index contributed by atoms with van der Waals surface area (Å²) in [5.74, 6) is -0.917. The van der Waals surface area contributed by atoms with Gasteiger partial charge in [0.1, 0.15) is 6.04 Å². The number of hydrogen-bond acceptors (Lipinski definition) is 3. The molecule has 21 heavy (non-hydrogen) atoms. The summed E-state index contributed by atoms with van der Waals surface area (Å²) in [5.41, 5.74) is 0. The lowest BCUT2D eigenvalue weighted by molar-refractivity contribution is -0.145. The summed E-state index contributed by atoms with van der Waals surface area (Å²) in [6, 6.07) is -0.984. The minimum Gasteiger partial charge on any atom is -0.480 e. The summed E-state index contributed by atoms with van der Waals surface area (Å²) >= 11 is 0. The molecule has 0 spiro atoms. The van der Waals surface area contributed by atoms with E-state index in [9.17, 15) is 14.7 Å². The van der Waals surface area contributed by atoms with Crippen LogP contribution in [0, 0.1) is 5.92 Å². The van der Waals surface area contributed by atoms with Crippen molar-refractivity contribution < 1.29 is 19.4 Å². The first kappa shape index (κ1) is 17.8. The molecule has 0 aliphatic carbocycles. The second-order valence-corrected chi connectivity index (χ2v) is 5.65. The Hall–Kier alpha value is -1.30. The number of aliphatic carboxylic acids is 1. The van der Waals surface area contributed by atoms with Crippen molar-refractivity contribution in [1.29, 1.82) is 0 Å². The van der Waals surface area contributed by atoms with E-state index in [2.05, 4.69) is 12.2 Å². The topological polar surface area (TPSA) is 78.9 Å². The molecule has 0 aromatic heterocycles. The third-order valence-corrected chi connectivity index (χ3v) is 3.83. The molecule has 1 aliphatic heterocycles. The SMILES string of the molecule is CCCCOCCCNC(=O)N1CCCC(C)C1C(=O)O. The molecular weight excluding hydrogens is 272 g/mol. The molecule has 1 aliphatic rings. The molecule has 1 rings (SSSR count). The Kier molecular flexibility index (Phi) is 8.12. The highest BCUT2D eigenvalue weighted by atomic mass is 16.5. The van der Waals surface area contributed by atoms with Gasteiger partial charge in [0.25, 0.3) is 0 Å². The number of carbonyl (C=O) groups excluding carboxylic acids is 1. The molecule has 2 unspecified atom stereocenters. The number of nitrogens with one attached hydrogen (secondary N) is 1. The maximum atomic E-state index is 12.1. The number of unbranched alkanes of at least 4 members (excludes halogenated alkanes) is 1. The van der Waals surface area contributed by atoms with Crippen LogP contribution < -0.4 is 5.32 Å². The standard InChI is InChI=1S/C15H28N2O4/c1-3-4-10-21-11-6-8-16-15(20)17-9-5-7-12(2)13(17)14(18)19/h12-13H,3-11H2,1-2H3,(H,16,20)(H,18,19). The van der Waals surface area contributed by atoms with Gasteiger partial charge in [0.15, 0.2) is 0 Å². The maximum Gasteiger partial charge on any atom is 0.326 e. The lowest BCUT2D eigenvalue weighted by atomic mass is 9.91. The van der Waals surface area contributed by atoms with E-state index in [1.54, 1.807) is 0 Å². The van der Waals surface area contributed by atoms with E-state index < -0.39 is 12.0 Å². The molecule has 1 heterocycles. The third kappa shape index (κ3) is 5.91. The predicted molar refractivity (Wildman–Crippen MR) is 80.3 cm³/mol. The smallest absolute Gasteiger partial charge is 0.326 e. The van der Waals surface area contributed by atoms with Gasteiger partial charge in [0, 0.05) is 26.3 Å². The minimum absolute atomic E-state index is 0.000577. The summed E-state index contributed by atoms with van der Waals surface area (Å²) in [7, 11) is 0. The van der Waals surface area contributed by atoms with Gasteiger partial charge in [-0.15, -0.1) is 0 Å². The Balaban J connectivity index is 2.28. The van der Waals surface area contributed by atoms with Gasteiger partial charge >= 0.3 is 12.0 Å². The summed E-state index contributed by atoms with van der Waals surface area (Å²) < 4.78 is 5.42. The summed E-state index contributed by atoms with van der Waals surface area (Å²) in [5, 5.41) is 12.1. The Morgan fingerprint density at radius 3 is 2.71 bits per heavy atom. The third-order valence-electron chi connectivity index (χ3n) is 3.83. The molecule has 0 aromatic carbocycles. The van der Waals surface area contributed by atoms with Gasteiger partial charge in [-0.05, 0) is 31.6 Å². The zero-order valence-corrected chi connectivity index (χ0v) is 13.1. The molecule has 2 amide bonds. The van der Waals surface area contributed by atoms with E-state index >= 15 is 0 Å². The number of rotatable bonds is 8. The molecule has 0 aromatic rings. The van der Waals surface area contributed by atoms with Crippen LogP contribution in [0.2, 0.25) is 0 Å². The molecule has 2 atom stereocenters. The van der Waals surface area contributed by atoms with Gasteiger partial charge in [-0.1, -0.05) is 20.3 Å². The molecular formula is C15H28N2O4. The van der Waals surface area contributed by atoms with E-state index in [-0.39, 0.29) is 11.9 Å². The number of carbonyl (C=O) groups is 2. The van der Waals surface area contributed by atoms with E-state index in [4.69, 9.17) is 4.74 Å². The van der Waals surface area contributed by atoms with Crippen molar-refractivity contribution in [3.8, 4) is 0 Å². The Morgan fingerprint density at radius 1 is 1.33 bits per heavy atom. The summed E-state index contributed by atoms with van der Waals surface area (Å²) in [6.45, 7) is 6.42. The van der Waals surface area contributed by atoms with Crippen LogP contribution in [0.3, 0.4) is 0 Å². The number of carboxylic acid groups (broad SMARTS) is 1. The average molecular weight is 300 g/mol. The zero-order valence-electron chi connectivity index (χ0n) is 13.1. The van der Waals surface area contributed by atoms with Crippen LogP contribution in [0.25, 0.3) is 0 Å². The lowest BCUT2D eigenvalue weighted by Crippen LogP contribution is -2.55. The molecule has 1 fully saturated rings. The van der Waals surface area contributed by atoms with Crippen LogP contribution in [-0.4, -0.2) is 54.4 Å². The molecule has 122 valence electrons. The average Bonchev–Trinajstić information content (AvgIpc) is 2.45. The van der Waals surface area contributed by atoms with Crippen molar-refractivity contribution in [2.24, 2.45) is 5.92 Å². The van der Waals surface area contributed by atoms with Crippen molar-refractivity contribution in [2.45, 2.75) is 52.0 Å². The zero-order chi connectivity index (χ0) is 15.7. The number of carboxylic acids is 1. The van der Waals surface area contributed by atoms with E-state index in [1.165, 1.54) is 4.90 Å². The number of ether oxygens (including phenoxy) is 1. The molecule has 0 saturated carbocycles. The van der Waals surface area contributed by atoms with Gasteiger partial charge in [0.05, 0.1) is 0 Å². The lowest BCUT2D eigenvalue weighted by Gasteiger charge is -2.37. The first-order chi connectivity index (χ1) is 10.1. The van der Waals surface area contributed by atoms with Crippen molar-refractivity contribution in [2.75, 3.05) is 26.3 Å². The second kappa shape index (κ2) is 9.60. The molecule has 6 heteroatoms. The maximum absolute atomic E-state index is 12.1. The Bertz CT molecular complexity index is 336. The van der Waals surface area contributed by atoms with E-state index in [0.717, 1.165) is 38.7 Å². The highest BCUT2D eigenvalue weighted by Crippen LogP contribution is 2.23. The number of urea groups is 1. The normalized spacial score (nSPS) is 22.1. The summed E-state index contributed by atoms with van der Waals surface area (Å²) in [6.07, 6.45) is 4.62. The fourth-order valence-corrected chi connectivity index (χ4v) is 2.61. The van der Waals surface area contributed by atoms with Gasteiger partial charge in [0.2, 0.25) is 0 Å². The number of likely N-dealkylation sites (tertiary alicyclic amines) is 1. The van der Waals surface area contributed by atoms with Gasteiger partial charge < -0.3 is 20.1 Å².